The lowest BCUT2D eigenvalue weighted by Gasteiger charge is -1.75. The van der Waals surface area contributed by atoms with Gasteiger partial charge >= 0.3 is 0 Å². The van der Waals surface area contributed by atoms with Gasteiger partial charge in [0.25, 0.3) is 0 Å². The molecular formula is C3H7NO. The van der Waals surface area contributed by atoms with Gasteiger partial charge in [-0.25, -0.2) is 0 Å². The summed E-state index contributed by atoms with van der Waals surface area (Å²) < 4.78 is 0. The van der Waals surface area contributed by atoms with Crippen molar-refractivity contribution in [2.24, 2.45) is 5.73 Å². The van der Waals surface area contributed by atoms with Gasteiger partial charge in [-0.1, -0.05) is 0 Å². The Balaban J connectivity index is 3.14. The Bertz CT molecular complexity index is 44.9. The molecule has 0 saturated carbocycles. The fourth-order valence-corrected chi connectivity index (χ4v) is 0. The monoisotopic (exact) mass is 73.1 g/mol. The lowest BCUT2D eigenvalue weighted by atomic mass is 10.6. The van der Waals surface area contributed by atoms with E-state index in [2.05, 4.69) is 0 Å². The summed E-state index contributed by atoms with van der Waals surface area (Å²) in [5.74, 6) is 0.157. The first kappa shape index (κ1) is 4.34. The van der Waals surface area contributed by atoms with E-state index < -0.39 is 0 Å². The van der Waals surface area contributed by atoms with Gasteiger partial charge in [-0.3, -0.25) is 0 Å². The van der Waals surface area contributed by atoms with Crippen LogP contribution >= 0.6 is 0 Å². The highest BCUT2D eigenvalue weighted by molar-refractivity contribution is 4.78. The lowest BCUT2D eigenvalue weighted by molar-refractivity contribution is 0.412. The predicted molar refractivity (Wildman–Crippen MR) is 20.6 cm³/mol. The molecule has 0 aliphatic rings. The fraction of sp³-hybridized carbons (Fsp3) is 0.333. The molecule has 0 rings (SSSR count). The zero-order valence-corrected chi connectivity index (χ0v) is 3.10. The Morgan fingerprint density at radius 3 is 2.20 bits per heavy atom. The summed E-state index contributed by atoms with van der Waals surface area (Å²) in [5.41, 5.74) is 4.76. The molecule has 0 aliphatic heterocycles. The third-order valence-electron chi connectivity index (χ3n) is 0.241. The summed E-state index contributed by atoms with van der Waals surface area (Å²) in [7, 11) is 0. The quantitative estimate of drug-likeness (QED) is 0.407. The second-order valence-corrected chi connectivity index (χ2v) is 0.808. The molecule has 2 heteroatoms. The lowest BCUT2D eigenvalue weighted by Crippen LogP contribution is -1.79. The van der Waals surface area contributed by atoms with Crippen LogP contribution in [0, 0.1) is 0 Å². The summed E-state index contributed by atoms with van der Waals surface area (Å²) in [4.78, 5) is 0. The first-order valence-electron chi connectivity index (χ1n) is 1.35. The van der Waals surface area contributed by atoms with Crippen LogP contribution in [0.2, 0.25) is 0 Å². The minimum atomic E-state index is 0.157. The normalized spacial score (nSPS) is 11.8. The van der Waals surface area contributed by atoms with E-state index in [4.69, 9.17) is 10.8 Å². The minimum absolute atomic E-state index is 0.157. The molecule has 0 aliphatic carbocycles. The van der Waals surface area contributed by atoms with E-state index in [9.17, 15) is 0 Å². The van der Waals surface area contributed by atoms with Crippen LogP contribution in [0.5, 0.6) is 0 Å². The molecule has 0 atom stereocenters. The second-order valence-electron chi connectivity index (χ2n) is 0.808. The summed E-state index contributed by atoms with van der Waals surface area (Å²) >= 11 is 0. The molecule has 0 amide bonds. The summed E-state index contributed by atoms with van der Waals surface area (Å²) in [6.45, 7) is 1.51. The van der Waals surface area contributed by atoms with Gasteiger partial charge in [-0.2, -0.15) is 0 Å². The molecule has 0 aromatic heterocycles. The Morgan fingerprint density at radius 1 is 2.00 bits per heavy atom. The van der Waals surface area contributed by atoms with E-state index >= 15 is 0 Å². The van der Waals surface area contributed by atoms with Gasteiger partial charge < -0.3 is 10.8 Å². The molecule has 0 fully saturated rings. The van der Waals surface area contributed by atoms with Gasteiger partial charge in [-0.15, -0.1) is 0 Å². The van der Waals surface area contributed by atoms with E-state index in [1.54, 1.807) is 0 Å². The molecule has 0 aromatic rings. The third kappa shape index (κ3) is 3.34. The van der Waals surface area contributed by atoms with Gasteiger partial charge in [0.1, 0.15) is 5.76 Å². The standard InChI is InChI=1S/C3H7NO/c1-3(5)2-4/h2,5H,4H2,1H3. The van der Waals surface area contributed by atoms with E-state index in [0.29, 0.717) is 0 Å². The maximum absolute atomic E-state index is 8.10. The van der Waals surface area contributed by atoms with Crippen molar-refractivity contribution in [2.45, 2.75) is 6.92 Å². The number of hydrogen-bond donors (Lipinski definition) is 2. The highest BCUT2D eigenvalue weighted by Gasteiger charge is 1.63. The van der Waals surface area contributed by atoms with Crippen molar-refractivity contribution in [2.75, 3.05) is 0 Å². The van der Waals surface area contributed by atoms with Crippen molar-refractivity contribution in [1.82, 2.24) is 0 Å². The van der Waals surface area contributed by atoms with Crippen molar-refractivity contribution in [3.05, 3.63) is 12.0 Å². The molecule has 5 heavy (non-hydrogen) atoms. The maximum Gasteiger partial charge on any atom is 0.105 e. The van der Waals surface area contributed by atoms with Crippen LogP contribution in [0.1, 0.15) is 6.92 Å². The van der Waals surface area contributed by atoms with Crippen LogP contribution in [0.15, 0.2) is 12.0 Å². The molecule has 0 spiro atoms. The van der Waals surface area contributed by atoms with Crippen LogP contribution in [0.25, 0.3) is 0 Å². The molecule has 2 nitrogen and oxygen atoms in total. The average molecular weight is 73.1 g/mol. The molecule has 0 heterocycles. The zero-order valence-electron chi connectivity index (χ0n) is 3.10. The molecular weight excluding hydrogens is 66.0 g/mol. The van der Waals surface area contributed by atoms with Crippen molar-refractivity contribution in [1.29, 1.82) is 0 Å². The highest BCUT2D eigenvalue weighted by Crippen LogP contribution is 1.71. The molecule has 30 valence electrons. The van der Waals surface area contributed by atoms with Crippen LogP contribution in [0.3, 0.4) is 0 Å². The van der Waals surface area contributed by atoms with Gasteiger partial charge in [-0.05, 0) is 6.92 Å². The molecule has 0 saturated heterocycles. The van der Waals surface area contributed by atoms with Crippen molar-refractivity contribution < 1.29 is 5.11 Å². The van der Waals surface area contributed by atoms with E-state index in [1.807, 2.05) is 0 Å². The number of nitrogens with two attached hydrogens (primary N) is 1. The van der Waals surface area contributed by atoms with E-state index in [1.165, 1.54) is 6.92 Å². The molecule has 0 aromatic carbocycles. The number of aliphatic hydroxyl groups excluding tert-OH is 1. The first-order valence-corrected chi connectivity index (χ1v) is 1.35. The predicted octanol–water partition coefficient (Wildman–Crippen LogP) is 0.364. The highest BCUT2D eigenvalue weighted by atomic mass is 16.3. The van der Waals surface area contributed by atoms with Crippen molar-refractivity contribution >= 4 is 0 Å². The molecule has 0 unspecified atom stereocenters. The Labute approximate surface area is 30.9 Å². The van der Waals surface area contributed by atoms with E-state index in [0.717, 1.165) is 6.20 Å². The van der Waals surface area contributed by atoms with Crippen molar-refractivity contribution in [3.63, 3.8) is 0 Å². The summed E-state index contributed by atoms with van der Waals surface area (Å²) in [6, 6.07) is 0. The molecule has 0 radical (unpaired) electrons. The number of rotatable bonds is 0. The Morgan fingerprint density at radius 2 is 2.20 bits per heavy atom. The smallest absolute Gasteiger partial charge is 0.105 e. The fourth-order valence-electron chi connectivity index (χ4n) is 0. The maximum atomic E-state index is 8.10. The Kier molecular flexibility index (Phi) is 1.42. The van der Waals surface area contributed by atoms with Crippen LogP contribution in [0.4, 0.5) is 0 Å². The number of hydrogen-bond acceptors (Lipinski definition) is 2. The topological polar surface area (TPSA) is 46.2 Å². The zero-order chi connectivity index (χ0) is 4.28. The van der Waals surface area contributed by atoms with Crippen LogP contribution < -0.4 is 5.73 Å². The SMILES string of the molecule is CC(O)=CN. The summed E-state index contributed by atoms with van der Waals surface area (Å²) in [5, 5.41) is 8.10. The largest absolute Gasteiger partial charge is 0.511 e. The number of aliphatic hydroxyl groups is 1. The minimum Gasteiger partial charge on any atom is -0.511 e. The van der Waals surface area contributed by atoms with Gasteiger partial charge in [0, 0.05) is 6.20 Å². The molecule has 3 N–H and O–H groups in total. The second kappa shape index (κ2) is 1.64. The third-order valence-corrected chi connectivity index (χ3v) is 0.241. The number of allylic oxidation sites excluding steroid dienone is 1. The van der Waals surface area contributed by atoms with Crippen LogP contribution in [-0.2, 0) is 0 Å². The Hall–Kier alpha value is -0.660. The summed E-state index contributed by atoms with van der Waals surface area (Å²) in [6.07, 6.45) is 1.14. The van der Waals surface area contributed by atoms with Crippen molar-refractivity contribution in [3.8, 4) is 0 Å². The molecule has 0 bridgehead atoms. The first-order chi connectivity index (χ1) is 2.27. The van der Waals surface area contributed by atoms with Gasteiger partial charge in [0.05, 0.1) is 0 Å². The van der Waals surface area contributed by atoms with Gasteiger partial charge in [0.2, 0.25) is 0 Å². The van der Waals surface area contributed by atoms with Crippen LogP contribution in [-0.4, -0.2) is 5.11 Å². The van der Waals surface area contributed by atoms with E-state index in [-0.39, 0.29) is 5.76 Å². The average Bonchev–Trinajstić information content (AvgIpc) is 1.38. The van der Waals surface area contributed by atoms with Gasteiger partial charge in [0.15, 0.2) is 0 Å².